The van der Waals surface area contributed by atoms with Crippen molar-refractivity contribution in [2.75, 3.05) is 6.54 Å². The van der Waals surface area contributed by atoms with Crippen molar-refractivity contribution in [3.05, 3.63) is 22.4 Å². The first-order valence-corrected chi connectivity index (χ1v) is 9.56. The molecular weight excluding hydrogens is 308 g/mol. The lowest BCUT2D eigenvalue weighted by Crippen LogP contribution is -2.46. The molecule has 2 fully saturated rings. The van der Waals surface area contributed by atoms with Gasteiger partial charge >= 0.3 is 6.09 Å². The largest absolute Gasteiger partial charge is 0.444 e. The smallest absolute Gasteiger partial charge is 0.407 e. The Morgan fingerprint density at radius 3 is 2.52 bits per heavy atom. The first-order chi connectivity index (χ1) is 10.9. The van der Waals surface area contributed by atoms with Crippen LogP contribution in [0.15, 0.2) is 17.5 Å². The van der Waals surface area contributed by atoms with Crippen LogP contribution in [0.3, 0.4) is 0 Å². The van der Waals surface area contributed by atoms with Gasteiger partial charge in [-0.25, -0.2) is 4.79 Å². The molecule has 0 radical (unpaired) electrons. The molecule has 0 spiro atoms. The minimum Gasteiger partial charge on any atom is -0.444 e. The van der Waals surface area contributed by atoms with Gasteiger partial charge in [-0.2, -0.15) is 0 Å². The van der Waals surface area contributed by atoms with E-state index in [1.807, 2.05) is 32.1 Å². The van der Waals surface area contributed by atoms with E-state index in [1.54, 1.807) is 0 Å². The third-order valence-corrected chi connectivity index (χ3v) is 5.35. The summed E-state index contributed by atoms with van der Waals surface area (Å²) in [5, 5.41) is 8.93. The van der Waals surface area contributed by atoms with Crippen molar-refractivity contribution in [3.63, 3.8) is 0 Å². The van der Waals surface area contributed by atoms with Crippen molar-refractivity contribution in [2.24, 2.45) is 11.8 Å². The van der Waals surface area contributed by atoms with Gasteiger partial charge in [0, 0.05) is 23.5 Å². The van der Waals surface area contributed by atoms with Gasteiger partial charge in [-0.15, -0.1) is 11.3 Å². The average molecular weight is 337 g/mol. The number of ether oxygens (including phenoxy) is 1. The van der Waals surface area contributed by atoms with Gasteiger partial charge in [0.15, 0.2) is 0 Å². The van der Waals surface area contributed by atoms with Crippen LogP contribution in [0, 0.1) is 11.8 Å². The number of amides is 1. The van der Waals surface area contributed by atoms with Gasteiger partial charge in [-0.05, 0) is 69.7 Å². The maximum atomic E-state index is 12.1. The SMILES string of the molecule is CC(C)(C)OC(=O)NC(CNC(c1cccs1)C1CC1)C1CC1. The zero-order valence-corrected chi connectivity index (χ0v) is 15.1. The second-order valence-corrected chi connectivity index (χ2v) is 8.81. The van der Waals surface area contributed by atoms with Crippen molar-refractivity contribution >= 4 is 17.4 Å². The second kappa shape index (κ2) is 6.81. The lowest BCUT2D eigenvalue weighted by molar-refractivity contribution is 0.0496. The first kappa shape index (κ1) is 16.8. The second-order valence-electron chi connectivity index (χ2n) is 7.83. The summed E-state index contributed by atoms with van der Waals surface area (Å²) in [5.74, 6) is 1.35. The molecule has 2 atom stereocenters. The third kappa shape index (κ3) is 5.21. The maximum Gasteiger partial charge on any atom is 0.407 e. The number of carbonyl (C=O) groups is 1. The molecular formula is C18H28N2O2S. The van der Waals surface area contributed by atoms with Crippen LogP contribution >= 0.6 is 11.3 Å². The first-order valence-electron chi connectivity index (χ1n) is 8.69. The number of hydrogen-bond donors (Lipinski definition) is 2. The van der Waals surface area contributed by atoms with Gasteiger partial charge < -0.3 is 15.4 Å². The third-order valence-electron chi connectivity index (χ3n) is 4.39. The van der Waals surface area contributed by atoms with Gasteiger partial charge in [0.05, 0.1) is 0 Å². The summed E-state index contributed by atoms with van der Waals surface area (Å²) >= 11 is 1.82. The minimum absolute atomic E-state index is 0.172. The fourth-order valence-electron chi connectivity index (χ4n) is 2.94. The highest BCUT2D eigenvalue weighted by atomic mass is 32.1. The molecule has 3 rings (SSSR count). The topological polar surface area (TPSA) is 50.4 Å². The highest BCUT2D eigenvalue weighted by Gasteiger charge is 2.36. The van der Waals surface area contributed by atoms with Crippen LogP contribution in [0.25, 0.3) is 0 Å². The molecule has 128 valence electrons. The summed E-state index contributed by atoms with van der Waals surface area (Å²) in [5.41, 5.74) is -0.445. The Morgan fingerprint density at radius 1 is 1.30 bits per heavy atom. The molecule has 1 amide bonds. The van der Waals surface area contributed by atoms with Crippen LogP contribution in [-0.4, -0.2) is 24.3 Å². The maximum absolute atomic E-state index is 12.1. The normalized spacial score (nSPS) is 20.8. The van der Waals surface area contributed by atoms with Gasteiger partial charge in [-0.1, -0.05) is 6.07 Å². The Hall–Kier alpha value is -1.07. The van der Waals surface area contributed by atoms with E-state index in [2.05, 4.69) is 28.1 Å². The van der Waals surface area contributed by atoms with Crippen molar-refractivity contribution in [3.8, 4) is 0 Å². The molecule has 0 aromatic carbocycles. The average Bonchev–Trinajstić information content (AvgIpc) is 3.35. The lowest BCUT2D eigenvalue weighted by Gasteiger charge is -2.25. The number of alkyl carbamates (subject to hydrolysis) is 1. The van der Waals surface area contributed by atoms with Crippen molar-refractivity contribution in [1.29, 1.82) is 0 Å². The number of hydrogen-bond acceptors (Lipinski definition) is 4. The van der Waals surface area contributed by atoms with Crippen LogP contribution in [0.5, 0.6) is 0 Å². The quantitative estimate of drug-likeness (QED) is 0.788. The standard InChI is InChI=1S/C18H28N2O2S/c1-18(2,3)22-17(21)20-14(12-6-7-12)11-19-16(13-8-9-13)15-5-4-10-23-15/h4-5,10,12-14,16,19H,6-9,11H2,1-3H3,(H,20,21). The fourth-order valence-corrected chi connectivity index (χ4v) is 3.84. The molecule has 1 aromatic heterocycles. The zero-order valence-electron chi connectivity index (χ0n) is 14.3. The van der Waals surface area contributed by atoms with E-state index in [0.717, 1.165) is 12.5 Å². The van der Waals surface area contributed by atoms with E-state index >= 15 is 0 Å². The van der Waals surface area contributed by atoms with Gasteiger partial charge in [0.25, 0.3) is 0 Å². The highest BCUT2D eigenvalue weighted by Crippen LogP contribution is 2.42. The number of rotatable bonds is 7. The summed E-state index contributed by atoms with van der Waals surface area (Å²) in [7, 11) is 0. The lowest BCUT2D eigenvalue weighted by atomic mass is 10.1. The van der Waals surface area contributed by atoms with E-state index in [4.69, 9.17) is 4.74 Å². The number of carbonyl (C=O) groups excluding carboxylic acids is 1. The van der Waals surface area contributed by atoms with Gasteiger partial charge in [0.1, 0.15) is 5.60 Å². The summed E-state index contributed by atoms with van der Waals surface area (Å²) < 4.78 is 5.41. The molecule has 5 heteroatoms. The molecule has 1 heterocycles. The molecule has 4 nitrogen and oxygen atoms in total. The Balaban J connectivity index is 1.54. The van der Waals surface area contributed by atoms with Crippen LogP contribution in [0.2, 0.25) is 0 Å². The summed E-state index contributed by atoms with van der Waals surface area (Å²) in [4.78, 5) is 13.5. The molecule has 0 saturated heterocycles. The fraction of sp³-hybridized carbons (Fsp3) is 0.722. The predicted molar refractivity (Wildman–Crippen MR) is 93.7 cm³/mol. The highest BCUT2D eigenvalue weighted by molar-refractivity contribution is 7.10. The van der Waals surface area contributed by atoms with E-state index in [-0.39, 0.29) is 12.1 Å². The summed E-state index contributed by atoms with van der Waals surface area (Å²) in [6, 6.07) is 4.95. The van der Waals surface area contributed by atoms with E-state index < -0.39 is 5.60 Å². The van der Waals surface area contributed by atoms with Gasteiger partial charge in [0.2, 0.25) is 0 Å². The monoisotopic (exact) mass is 336 g/mol. The number of nitrogens with one attached hydrogen (secondary N) is 2. The molecule has 2 N–H and O–H groups in total. The van der Waals surface area contributed by atoms with E-state index in [0.29, 0.717) is 12.0 Å². The Labute approximate surface area is 143 Å². The predicted octanol–water partition coefficient (Wildman–Crippen LogP) is 4.09. The summed E-state index contributed by atoms with van der Waals surface area (Å²) in [6.07, 6.45) is 4.73. The molecule has 0 aliphatic heterocycles. The molecule has 2 aliphatic carbocycles. The van der Waals surface area contributed by atoms with Crippen molar-refractivity contribution in [2.45, 2.75) is 64.1 Å². The molecule has 2 saturated carbocycles. The van der Waals surface area contributed by atoms with Crippen molar-refractivity contribution in [1.82, 2.24) is 10.6 Å². The van der Waals surface area contributed by atoms with Crippen molar-refractivity contribution < 1.29 is 9.53 Å². The molecule has 0 bridgehead atoms. The van der Waals surface area contributed by atoms with Crippen LogP contribution in [0.1, 0.15) is 57.4 Å². The minimum atomic E-state index is -0.445. The Morgan fingerprint density at radius 2 is 2.00 bits per heavy atom. The van der Waals surface area contributed by atoms with Crippen LogP contribution in [0.4, 0.5) is 4.79 Å². The van der Waals surface area contributed by atoms with Crippen LogP contribution in [-0.2, 0) is 4.74 Å². The van der Waals surface area contributed by atoms with E-state index in [9.17, 15) is 4.79 Å². The molecule has 23 heavy (non-hydrogen) atoms. The van der Waals surface area contributed by atoms with Crippen LogP contribution < -0.4 is 10.6 Å². The molecule has 2 aliphatic rings. The molecule has 2 unspecified atom stereocenters. The zero-order chi connectivity index (χ0) is 16.4. The van der Waals surface area contributed by atoms with Gasteiger partial charge in [-0.3, -0.25) is 0 Å². The van der Waals surface area contributed by atoms with E-state index in [1.165, 1.54) is 30.6 Å². The summed E-state index contributed by atoms with van der Waals surface area (Å²) in [6.45, 7) is 6.52. The molecule has 1 aromatic rings. The number of thiophene rings is 1. The Bertz CT molecular complexity index is 516. The Kier molecular flexibility index (Phi) is 4.97.